The van der Waals surface area contributed by atoms with Crippen LogP contribution in [-0.4, -0.2) is 13.4 Å². The molecule has 0 aromatic heterocycles. The lowest BCUT2D eigenvalue weighted by molar-refractivity contribution is 0.465. The molecule has 6 nitrogen and oxygen atoms in total. The van der Waals surface area contributed by atoms with Crippen molar-refractivity contribution in [3.05, 3.63) is 285 Å². The van der Waals surface area contributed by atoms with E-state index in [2.05, 4.69) is 314 Å². The van der Waals surface area contributed by atoms with Crippen LogP contribution in [0.2, 0.25) is 0 Å². The smallest absolute Gasteiger partial charge is 0.260 e. The van der Waals surface area contributed by atoms with Gasteiger partial charge in [0.25, 0.3) is 13.4 Å². The number of benzene rings is 12. The van der Waals surface area contributed by atoms with Crippen molar-refractivity contribution in [2.45, 2.75) is 0 Å². The van der Waals surface area contributed by atoms with Crippen molar-refractivity contribution >= 4 is 129 Å². The average molecular weight is 1050 g/mol. The Kier molecular flexibility index (Phi) is 11.1. The van der Waals surface area contributed by atoms with Gasteiger partial charge in [-0.3, -0.25) is 0 Å². The molecule has 12 aromatic rings. The summed E-state index contributed by atoms with van der Waals surface area (Å²) in [6, 6.07) is 103. The van der Waals surface area contributed by atoms with E-state index in [-0.39, 0.29) is 13.4 Å². The fourth-order valence-corrected chi connectivity index (χ4v) is 13.5. The predicted molar refractivity (Wildman–Crippen MR) is 342 cm³/mol. The van der Waals surface area contributed by atoms with Gasteiger partial charge in [-0.15, -0.1) is 9.24 Å². The van der Waals surface area contributed by atoms with Crippen molar-refractivity contribution in [1.82, 2.24) is 0 Å². The first-order chi connectivity index (χ1) is 40.1. The number of para-hydroxylation sites is 8. The Morgan fingerprint density at radius 3 is 1.40 bits per heavy atom. The zero-order chi connectivity index (χ0) is 53.5. The minimum atomic E-state index is -0.194. The van der Waals surface area contributed by atoms with E-state index >= 15 is 0 Å². The van der Waals surface area contributed by atoms with Gasteiger partial charge in [-0.25, -0.2) is 0 Å². The van der Waals surface area contributed by atoms with Gasteiger partial charge < -0.3 is 29.1 Å². The molecule has 0 radical (unpaired) electrons. The molecule has 0 amide bonds. The van der Waals surface area contributed by atoms with E-state index in [1.54, 1.807) is 0 Å². The molecule has 0 fully saturated rings. The molecule has 0 aliphatic carbocycles. The quantitative estimate of drug-likeness (QED) is 0.106. The third-order valence-corrected chi connectivity index (χ3v) is 16.9. The monoisotopic (exact) mass is 1050 g/mol. The number of ether oxygens (including phenoxy) is 2. The zero-order valence-electron chi connectivity index (χ0n) is 44.0. The Bertz CT molecular complexity index is 4330. The summed E-state index contributed by atoms with van der Waals surface area (Å²) in [7, 11) is 3.14. The van der Waals surface area contributed by atoms with Gasteiger partial charge in [0, 0.05) is 80.4 Å². The summed E-state index contributed by atoms with van der Waals surface area (Å²) in [6.45, 7) is -0.375. The minimum absolute atomic E-state index is 0.181. The molecule has 1 unspecified atom stereocenters. The Morgan fingerprint density at radius 2 is 0.790 bits per heavy atom. The van der Waals surface area contributed by atoms with Crippen molar-refractivity contribution in [1.29, 1.82) is 0 Å². The van der Waals surface area contributed by atoms with Crippen molar-refractivity contribution in [3.63, 3.8) is 0 Å². The summed E-state index contributed by atoms with van der Waals surface area (Å²) in [5.74, 6) is 3.18. The summed E-state index contributed by atoms with van der Waals surface area (Å²) >= 11 is 0. The van der Waals surface area contributed by atoms with Crippen LogP contribution in [0.25, 0.3) is 11.1 Å². The molecule has 380 valence electrons. The molecule has 4 aliphatic heterocycles. The van der Waals surface area contributed by atoms with Crippen LogP contribution >= 0.6 is 9.24 Å². The number of hydrogen-bond acceptors (Lipinski definition) is 6. The average Bonchev–Trinajstić information content (AvgIpc) is 2.47. The SMILES string of the molecule is Pc1cccc(-c2ccccc2)c1N1c2cc3c(cc2B2c4ccccc4N(c4ccccc4)c4cc(N(c5ccccc5)c5ccccc5)cc1c42)B1c2ccccc2Oc2cc(N(c4ccccc4)c4ccccc4)cc(c21)O3. The fraction of sp³-hybridized carbons (Fsp3) is 0. The number of fused-ring (bicyclic) bond motifs is 8. The number of anilines is 12. The summed E-state index contributed by atoms with van der Waals surface area (Å²) in [5, 5.41) is 1.07. The second kappa shape index (κ2) is 19.1. The van der Waals surface area contributed by atoms with E-state index in [0.29, 0.717) is 0 Å². The highest BCUT2D eigenvalue weighted by atomic mass is 31.0. The van der Waals surface area contributed by atoms with Crippen LogP contribution in [0, 0.1) is 0 Å². The van der Waals surface area contributed by atoms with E-state index in [1.807, 2.05) is 0 Å². The maximum absolute atomic E-state index is 7.56. The highest BCUT2D eigenvalue weighted by Gasteiger charge is 2.48. The minimum Gasteiger partial charge on any atom is -0.458 e. The summed E-state index contributed by atoms with van der Waals surface area (Å²) in [5.41, 5.74) is 21.8. The van der Waals surface area contributed by atoms with Crippen molar-refractivity contribution in [2.75, 3.05) is 19.6 Å². The molecule has 0 saturated heterocycles. The number of hydrogen-bond donors (Lipinski definition) is 0. The van der Waals surface area contributed by atoms with E-state index in [0.717, 1.165) is 124 Å². The first kappa shape index (κ1) is 47.0. The molecular weight excluding hydrogens is 1010 g/mol. The molecule has 1 atom stereocenters. The van der Waals surface area contributed by atoms with Crippen LogP contribution in [0.1, 0.15) is 0 Å². The third kappa shape index (κ3) is 7.63. The topological polar surface area (TPSA) is 31.4 Å². The van der Waals surface area contributed by atoms with Crippen LogP contribution in [0.4, 0.5) is 68.2 Å². The van der Waals surface area contributed by atoms with Gasteiger partial charge in [-0.1, -0.05) is 182 Å². The Morgan fingerprint density at radius 1 is 0.309 bits per heavy atom. The molecule has 0 N–H and O–H groups in total. The maximum Gasteiger partial charge on any atom is 0.260 e. The molecule has 4 aliphatic rings. The van der Waals surface area contributed by atoms with E-state index < -0.39 is 0 Å². The summed E-state index contributed by atoms with van der Waals surface area (Å²) in [4.78, 5) is 9.71. The van der Waals surface area contributed by atoms with E-state index in [9.17, 15) is 0 Å². The van der Waals surface area contributed by atoms with Crippen LogP contribution in [0.5, 0.6) is 23.0 Å². The first-order valence-electron chi connectivity index (χ1n) is 27.6. The number of nitrogens with zero attached hydrogens (tertiary/aromatic N) is 4. The first-order valence-corrected chi connectivity index (χ1v) is 28.2. The number of rotatable bonds is 9. The van der Waals surface area contributed by atoms with Gasteiger partial charge >= 0.3 is 0 Å². The van der Waals surface area contributed by atoms with Crippen molar-refractivity contribution in [3.8, 4) is 34.1 Å². The Labute approximate surface area is 474 Å². The summed E-state index contributed by atoms with van der Waals surface area (Å²) in [6.07, 6.45) is 0. The lowest BCUT2D eigenvalue weighted by atomic mass is 9.31. The molecule has 81 heavy (non-hydrogen) atoms. The predicted octanol–water partition coefficient (Wildman–Crippen LogP) is 14.6. The van der Waals surface area contributed by atoms with Gasteiger partial charge in [-0.2, -0.15) is 0 Å². The standard InChI is InChI=1S/C72H49B2N4O2P/c81-69-41-23-36-56(48-24-7-1-8-25-48)72(69)78-62-47-66-60(74-58-38-20-22-40-65(58)79-67-44-55(45-68(80-66)71(67)74)76(51-30-13-4-14-31-51)52-32-15-5-16-33-52)46-59(62)73-57-37-19-21-39-61(57)77(53-34-17-6-18-35-53)63-42-54(43-64(78)70(63)73)75(49-26-9-2-10-27-49)50-28-11-3-12-29-50/h1-47H,81H2. The van der Waals surface area contributed by atoms with Crippen LogP contribution in [-0.2, 0) is 0 Å². The summed E-state index contributed by atoms with van der Waals surface area (Å²) < 4.78 is 14.6. The van der Waals surface area contributed by atoms with Gasteiger partial charge in [0.2, 0.25) is 0 Å². The van der Waals surface area contributed by atoms with E-state index in [4.69, 9.17) is 9.47 Å². The van der Waals surface area contributed by atoms with Gasteiger partial charge in [0.15, 0.2) is 0 Å². The Balaban J connectivity index is 1.00. The molecule has 4 heterocycles. The van der Waals surface area contributed by atoms with Gasteiger partial charge in [0.1, 0.15) is 23.0 Å². The van der Waals surface area contributed by atoms with Gasteiger partial charge in [0.05, 0.1) is 17.1 Å². The zero-order valence-corrected chi connectivity index (χ0v) is 45.1. The fourth-order valence-electron chi connectivity index (χ4n) is 13.1. The van der Waals surface area contributed by atoms with Gasteiger partial charge in [-0.05, 0) is 123 Å². The van der Waals surface area contributed by atoms with E-state index in [1.165, 1.54) is 16.4 Å². The molecule has 16 rings (SSSR count). The lowest BCUT2D eigenvalue weighted by Gasteiger charge is -2.46. The second-order valence-corrected chi connectivity index (χ2v) is 21.6. The molecule has 0 spiro atoms. The Hall–Kier alpha value is -10.0. The van der Waals surface area contributed by atoms with Crippen molar-refractivity contribution in [2.24, 2.45) is 0 Å². The largest absolute Gasteiger partial charge is 0.458 e. The molecule has 12 aromatic carbocycles. The molecule has 9 heteroatoms. The maximum atomic E-state index is 7.56. The lowest BCUT2D eigenvalue weighted by Crippen LogP contribution is -2.64. The van der Waals surface area contributed by atoms with Crippen LogP contribution < -0.4 is 67.2 Å². The van der Waals surface area contributed by atoms with Crippen LogP contribution in [0.15, 0.2) is 285 Å². The molecule has 0 bridgehead atoms. The molecule has 0 saturated carbocycles. The second-order valence-electron chi connectivity index (χ2n) is 21.0. The highest BCUT2D eigenvalue weighted by Crippen LogP contribution is 2.51. The highest BCUT2D eigenvalue weighted by molar-refractivity contribution is 7.28. The van der Waals surface area contributed by atoms with Crippen LogP contribution in [0.3, 0.4) is 0 Å². The molecular formula is C72H49B2N4O2P. The normalized spacial score (nSPS) is 12.9. The van der Waals surface area contributed by atoms with Crippen molar-refractivity contribution < 1.29 is 9.47 Å². The third-order valence-electron chi connectivity index (χ3n) is 16.4.